The number of hydrogen-bond donors (Lipinski definition) is 1. The number of nitrogens with one attached hydrogen (secondary N) is 1. The molecular formula is C24H28ClFN4O2. The van der Waals surface area contributed by atoms with E-state index in [2.05, 4.69) is 20.2 Å². The van der Waals surface area contributed by atoms with E-state index in [1.165, 1.54) is 25.0 Å². The van der Waals surface area contributed by atoms with Crippen molar-refractivity contribution in [1.82, 2.24) is 15.3 Å². The zero-order valence-electron chi connectivity index (χ0n) is 18.0. The minimum absolute atomic E-state index is 0.0869. The van der Waals surface area contributed by atoms with Gasteiger partial charge in [-0.1, -0.05) is 11.6 Å². The Labute approximate surface area is 192 Å². The molecule has 3 aliphatic rings. The summed E-state index contributed by atoms with van der Waals surface area (Å²) in [6, 6.07) is 4.75. The standard InChI is InChI=1S/C24H28ClFN4O2/c25-18-12-27-24(28-13-18)30-7-5-15(6-8-30)9-16-10-17(16)14-32-20-3-4-21(22(26)11-20)23(31)29-19-1-2-19/h3-4,11-13,15-17,19H,1-2,5-10,14H2,(H,29,31)/t16-,17-/m1/s1. The van der Waals surface area contributed by atoms with Crippen molar-refractivity contribution in [1.29, 1.82) is 0 Å². The smallest absolute Gasteiger partial charge is 0.254 e. The Hall–Kier alpha value is -2.41. The Morgan fingerprint density at radius 2 is 1.91 bits per heavy atom. The predicted molar refractivity (Wildman–Crippen MR) is 121 cm³/mol. The summed E-state index contributed by atoms with van der Waals surface area (Å²) in [4.78, 5) is 22.9. The summed E-state index contributed by atoms with van der Waals surface area (Å²) in [5.74, 6) is 2.33. The predicted octanol–water partition coefficient (Wildman–Crippen LogP) is 4.48. The van der Waals surface area contributed by atoms with Gasteiger partial charge in [-0.05, 0) is 68.4 Å². The molecule has 2 aliphatic carbocycles. The summed E-state index contributed by atoms with van der Waals surface area (Å²) in [5.41, 5.74) is 0.0869. The Morgan fingerprint density at radius 3 is 2.59 bits per heavy atom. The van der Waals surface area contributed by atoms with E-state index in [1.54, 1.807) is 18.5 Å². The Balaban J connectivity index is 1.03. The molecular weight excluding hydrogens is 431 g/mol. The lowest BCUT2D eigenvalue weighted by Gasteiger charge is -2.32. The number of anilines is 1. The first-order chi connectivity index (χ1) is 15.5. The summed E-state index contributed by atoms with van der Waals surface area (Å²) in [6.07, 6.45) is 9.93. The van der Waals surface area contributed by atoms with Crippen molar-refractivity contribution in [3.05, 3.63) is 47.0 Å². The van der Waals surface area contributed by atoms with Crippen molar-refractivity contribution in [2.45, 2.75) is 44.6 Å². The van der Waals surface area contributed by atoms with Gasteiger partial charge in [0.25, 0.3) is 5.91 Å². The lowest BCUT2D eigenvalue weighted by Crippen LogP contribution is -2.35. The molecule has 2 heterocycles. The Kier molecular flexibility index (Phi) is 6.17. The second-order valence-corrected chi connectivity index (χ2v) is 9.76. The first-order valence-corrected chi connectivity index (χ1v) is 11.9. The fraction of sp³-hybridized carbons (Fsp3) is 0.542. The molecule has 5 rings (SSSR count). The van der Waals surface area contributed by atoms with Crippen LogP contribution < -0.4 is 15.0 Å². The normalized spacial score (nSPS) is 23.1. The van der Waals surface area contributed by atoms with Gasteiger partial charge in [-0.3, -0.25) is 4.79 Å². The van der Waals surface area contributed by atoms with Gasteiger partial charge in [-0.2, -0.15) is 0 Å². The molecule has 1 amide bonds. The molecule has 8 heteroatoms. The number of ether oxygens (including phenoxy) is 1. The van der Waals surface area contributed by atoms with E-state index in [0.717, 1.165) is 50.6 Å². The zero-order chi connectivity index (χ0) is 22.1. The SMILES string of the molecule is O=C(NC1CC1)c1ccc(OC[C@H]2C[C@H]2CC2CCN(c3ncc(Cl)cn3)CC2)cc1F. The lowest BCUT2D eigenvalue weighted by atomic mass is 9.91. The molecule has 2 atom stereocenters. The van der Waals surface area contributed by atoms with Gasteiger partial charge in [-0.25, -0.2) is 14.4 Å². The number of nitrogens with zero attached hydrogens (tertiary/aromatic N) is 3. The summed E-state index contributed by atoms with van der Waals surface area (Å²) in [7, 11) is 0. The number of carbonyl (C=O) groups excluding carboxylic acids is 1. The number of rotatable bonds is 8. The van der Waals surface area contributed by atoms with Crippen molar-refractivity contribution in [2.24, 2.45) is 17.8 Å². The van der Waals surface area contributed by atoms with Crippen LogP contribution in [0.5, 0.6) is 5.75 Å². The van der Waals surface area contributed by atoms with Crippen LogP contribution in [0.25, 0.3) is 0 Å². The minimum atomic E-state index is -0.524. The third-order valence-electron chi connectivity index (χ3n) is 6.77. The van der Waals surface area contributed by atoms with E-state index in [-0.39, 0.29) is 17.5 Å². The van der Waals surface area contributed by atoms with E-state index < -0.39 is 5.82 Å². The average Bonchev–Trinajstić information content (AvgIpc) is 3.72. The molecule has 1 aliphatic heterocycles. The van der Waals surface area contributed by atoms with Gasteiger partial charge in [0.05, 0.1) is 29.6 Å². The summed E-state index contributed by atoms with van der Waals surface area (Å²) in [5, 5.41) is 3.37. The van der Waals surface area contributed by atoms with Gasteiger partial charge >= 0.3 is 0 Å². The van der Waals surface area contributed by atoms with E-state index >= 15 is 0 Å². The molecule has 32 heavy (non-hydrogen) atoms. The van der Waals surface area contributed by atoms with Crippen molar-refractivity contribution in [3.63, 3.8) is 0 Å². The van der Waals surface area contributed by atoms with Crippen LogP contribution in [-0.4, -0.2) is 41.6 Å². The monoisotopic (exact) mass is 458 g/mol. The summed E-state index contributed by atoms with van der Waals surface area (Å²) >= 11 is 5.87. The molecule has 170 valence electrons. The van der Waals surface area contributed by atoms with Gasteiger partial charge in [0.15, 0.2) is 0 Å². The lowest BCUT2D eigenvalue weighted by molar-refractivity contribution is 0.0947. The number of aromatic nitrogens is 2. The van der Waals surface area contributed by atoms with Crippen LogP contribution in [-0.2, 0) is 0 Å². The van der Waals surface area contributed by atoms with Crippen LogP contribution in [0.3, 0.4) is 0 Å². The number of carbonyl (C=O) groups is 1. The van der Waals surface area contributed by atoms with E-state index in [0.29, 0.717) is 29.2 Å². The Morgan fingerprint density at radius 1 is 1.16 bits per heavy atom. The number of halogens is 2. The van der Waals surface area contributed by atoms with Crippen molar-refractivity contribution >= 4 is 23.5 Å². The highest BCUT2D eigenvalue weighted by Crippen LogP contribution is 2.45. The maximum atomic E-state index is 14.3. The molecule has 3 fully saturated rings. The van der Waals surface area contributed by atoms with Gasteiger partial charge < -0.3 is 15.0 Å². The number of amides is 1. The van der Waals surface area contributed by atoms with Gasteiger partial charge in [0, 0.05) is 25.2 Å². The first-order valence-electron chi connectivity index (χ1n) is 11.5. The molecule has 6 nitrogen and oxygen atoms in total. The number of benzene rings is 1. The molecule has 0 spiro atoms. The van der Waals surface area contributed by atoms with Crippen LogP contribution in [0.15, 0.2) is 30.6 Å². The van der Waals surface area contributed by atoms with Crippen LogP contribution in [0.1, 0.15) is 48.9 Å². The molecule has 2 saturated carbocycles. The fourth-order valence-electron chi connectivity index (χ4n) is 4.53. The molecule has 0 radical (unpaired) electrons. The zero-order valence-corrected chi connectivity index (χ0v) is 18.7. The second-order valence-electron chi connectivity index (χ2n) is 9.32. The highest BCUT2D eigenvalue weighted by molar-refractivity contribution is 6.30. The summed E-state index contributed by atoms with van der Waals surface area (Å²) in [6.45, 7) is 2.55. The van der Waals surface area contributed by atoms with Gasteiger partial charge in [-0.15, -0.1) is 0 Å². The second kappa shape index (κ2) is 9.22. The number of piperidine rings is 1. The molecule has 1 aromatic heterocycles. The molecule has 0 unspecified atom stereocenters. The topological polar surface area (TPSA) is 67.3 Å². The first kappa shape index (κ1) is 21.4. The van der Waals surface area contributed by atoms with Gasteiger partial charge in [0.1, 0.15) is 11.6 Å². The van der Waals surface area contributed by atoms with Crippen molar-refractivity contribution in [2.75, 3.05) is 24.6 Å². The molecule has 1 N–H and O–H groups in total. The third kappa shape index (κ3) is 5.31. The molecule has 1 aromatic carbocycles. The van der Waals surface area contributed by atoms with Crippen LogP contribution in [0.4, 0.5) is 10.3 Å². The maximum absolute atomic E-state index is 14.3. The maximum Gasteiger partial charge on any atom is 0.254 e. The summed E-state index contributed by atoms with van der Waals surface area (Å²) < 4.78 is 20.1. The van der Waals surface area contributed by atoms with Crippen molar-refractivity contribution < 1.29 is 13.9 Å². The van der Waals surface area contributed by atoms with E-state index in [1.807, 2.05) is 0 Å². The fourth-order valence-corrected chi connectivity index (χ4v) is 4.63. The largest absolute Gasteiger partial charge is 0.493 e. The van der Waals surface area contributed by atoms with Crippen LogP contribution >= 0.6 is 11.6 Å². The molecule has 0 bridgehead atoms. The quantitative estimate of drug-likeness (QED) is 0.631. The third-order valence-corrected chi connectivity index (χ3v) is 6.97. The number of hydrogen-bond acceptors (Lipinski definition) is 5. The van der Waals surface area contributed by atoms with Crippen molar-refractivity contribution in [3.8, 4) is 5.75 Å². The highest BCUT2D eigenvalue weighted by Gasteiger charge is 2.39. The van der Waals surface area contributed by atoms with Gasteiger partial charge in [0.2, 0.25) is 5.95 Å². The highest BCUT2D eigenvalue weighted by atomic mass is 35.5. The molecule has 1 saturated heterocycles. The Bertz CT molecular complexity index is 961. The average molecular weight is 459 g/mol. The van der Waals surface area contributed by atoms with E-state index in [4.69, 9.17) is 16.3 Å². The minimum Gasteiger partial charge on any atom is -0.493 e. The van der Waals surface area contributed by atoms with Crippen LogP contribution in [0, 0.1) is 23.6 Å². The van der Waals surface area contributed by atoms with E-state index in [9.17, 15) is 9.18 Å². The van der Waals surface area contributed by atoms with Crippen LogP contribution in [0.2, 0.25) is 5.02 Å². The molecule has 2 aromatic rings.